The van der Waals surface area contributed by atoms with Crippen molar-refractivity contribution in [3.8, 4) is 5.75 Å². The molecule has 1 fully saturated rings. The first-order valence-corrected chi connectivity index (χ1v) is 5.96. The summed E-state index contributed by atoms with van der Waals surface area (Å²) in [7, 11) is 0. The number of rotatable bonds is 5. The predicted octanol–water partition coefficient (Wildman–Crippen LogP) is 2.95. The van der Waals surface area contributed by atoms with E-state index in [1.807, 2.05) is 0 Å². The molecule has 2 rings (SSSR count). The zero-order valence-corrected chi connectivity index (χ0v) is 10.4. The Morgan fingerprint density at radius 2 is 2.15 bits per heavy atom. The minimum atomic E-state index is -2.87. The van der Waals surface area contributed by atoms with E-state index in [9.17, 15) is 13.6 Å². The topological polar surface area (TPSA) is 78.3 Å². The molecule has 8 heteroatoms. The number of hydrogen-bond donors (Lipinski definition) is 0. The number of anilines is 1. The van der Waals surface area contributed by atoms with Gasteiger partial charge in [0, 0.05) is 30.1 Å². The number of benzene rings is 1. The molecule has 1 amide bonds. The molecule has 0 spiro atoms. The Labute approximate surface area is 113 Å². The molecule has 1 unspecified atom stereocenters. The van der Waals surface area contributed by atoms with Crippen molar-refractivity contribution in [3.05, 3.63) is 34.7 Å². The number of hydrogen-bond acceptors (Lipinski definition) is 3. The fourth-order valence-corrected chi connectivity index (χ4v) is 2.11. The Bertz CT molecular complexity index is 529. The van der Waals surface area contributed by atoms with Crippen LogP contribution in [0.4, 0.5) is 14.5 Å². The molecule has 1 aliphatic heterocycles. The van der Waals surface area contributed by atoms with Crippen LogP contribution in [0.2, 0.25) is 0 Å². The summed E-state index contributed by atoms with van der Waals surface area (Å²) in [5.74, 6) is -0.0536. The van der Waals surface area contributed by atoms with Gasteiger partial charge in [0.25, 0.3) is 0 Å². The van der Waals surface area contributed by atoms with E-state index in [0.29, 0.717) is 18.7 Å². The first-order valence-electron chi connectivity index (χ1n) is 5.96. The zero-order chi connectivity index (χ0) is 14.5. The minimum Gasteiger partial charge on any atom is -0.435 e. The third kappa shape index (κ3) is 3.36. The maximum Gasteiger partial charge on any atom is 0.387 e. The van der Waals surface area contributed by atoms with Gasteiger partial charge in [0.05, 0.1) is 0 Å². The molecule has 1 atom stereocenters. The summed E-state index contributed by atoms with van der Waals surface area (Å²) in [6.07, 6.45) is 0.314. The Morgan fingerprint density at radius 3 is 2.75 bits per heavy atom. The number of ether oxygens (including phenoxy) is 1. The Balaban J connectivity index is 2.04. The number of alkyl halides is 2. The molecule has 20 heavy (non-hydrogen) atoms. The second-order valence-corrected chi connectivity index (χ2v) is 4.36. The fourth-order valence-electron chi connectivity index (χ4n) is 2.11. The molecule has 0 saturated carbocycles. The minimum absolute atomic E-state index is 0.0182. The van der Waals surface area contributed by atoms with Crippen molar-refractivity contribution in [1.29, 1.82) is 0 Å². The summed E-state index contributed by atoms with van der Waals surface area (Å²) in [6.45, 7) is -2.15. The maximum absolute atomic E-state index is 12.0. The summed E-state index contributed by atoms with van der Waals surface area (Å²) in [5.41, 5.74) is 8.87. The Hall–Kier alpha value is -2.34. The molecule has 0 aromatic heterocycles. The summed E-state index contributed by atoms with van der Waals surface area (Å²) in [6, 6.07) is 5.86. The molecule has 1 heterocycles. The standard InChI is InChI=1S/C12H12F2N4O2/c13-12(14)20-10-3-1-9(2-4-10)18-7-8(5-11(18)19)6-16-17-15/h1-4,8,12H,5-7H2. The van der Waals surface area contributed by atoms with Crippen molar-refractivity contribution in [3.63, 3.8) is 0 Å². The monoisotopic (exact) mass is 282 g/mol. The van der Waals surface area contributed by atoms with E-state index in [2.05, 4.69) is 14.8 Å². The van der Waals surface area contributed by atoms with Crippen LogP contribution in [0.15, 0.2) is 29.4 Å². The lowest BCUT2D eigenvalue weighted by atomic mass is 10.1. The Morgan fingerprint density at radius 1 is 1.45 bits per heavy atom. The molecule has 6 nitrogen and oxygen atoms in total. The van der Waals surface area contributed by atoms with Crippen molar-refractivity contribution in [1.82, 2.24) is 0 Å². The fraction of sp³-hybridized carbons (Fsp3) is 0.417. The molecule has 1 aromatic rings. The van der Waals surface area contributed by atoms with Gasteiger partial charge < -0.3 is 9.64 Å². The van der Waals surface area contributed by atoms with Crippen LogP contribution in [0.3, 0.4) is 0 Å². The number of carbonyl (C=O) groups excluding carboxylic acids is 1. The van der Waals surface area contributed by atoms with Gasteiger partial charge in [-0.1, -0.05) is 5.11 Å². The van der Waals surface area contributed by atoms with Crippen molar-refractivity contribution in [2.24, 2.45) is 11.0 Å². The van der Waals surface area contributed by atoms with Gasteiger partial charge in [-0.25, -0.2) is 0 Å². The summed E-state index contributed by atoms with van der Waals surface area (Å²) in [5, 5.41) is 3.46. The molecule has 106 valence electrons. The van der Waals surface area contributed by atoms with Crippen LogP contribution in [0.25, 0.3) is 10.4 Å². The van der Waals surface area contributed by atoms with Crippen molar-refractivity contribution >= 4 is 11.6 Å². The number of halogens is 2. The molecule has 1 aromatic carbocycles. The van der Waals surface area contributed by atoms with Crippen LogP contribution >= 0.6 is 0 Å². The third-order valence-corrected chi connectivity index (χ3v) is 2.98. The van der Waals surface area contributed by atoms with E-state index in [4.69, 9.17) is 5.53 Å². The van der Waals surface area contributed by atoms with Crippen LogP contribution in [0.1, 0.15) is 6.42 Å². The van der Waals surface area contributed by atoms with Crippen LogP contribution < -0.4 is 9.64 Å². The van der Waals surface area contributed by atoms with E-state index in [0.717, 1.165) is 0 Å². The van der Waals surface area contributed by atoms with Crippen molar-refractivity contribution in [2.75, 3.05) is 18.0 Å². The van der Waals surface area contributed by atoms with Crippen LogP contribution in [-0.2, 0) is 4.79 Å². The van der Waals surface area contributed by atoms with Gasteiger partial charge in [-0.15, -0.1) is 0 Å². The van der Waals surface area contributed by atoms with Crippen LogP contribution in [-0.4, -0.2) is 25.6 Å². The summed E-state index contributed by atoms with van der Waals surface area (Å²) >= 11 is 0. The van der Waals surface area contributed by atoms with Gasteiger partial charge >= 0.3 is 6.61 Å². The van der Waals surface area contributed by atoms with Gasteiger partial charge in [-0.3, -0.25) is 4.79 Å². The first-order chi connectivity index (χ1) is 9.60. The average Bonchev–Trinajstić information content (AvgIpc) is 2.78. The SMILES string of the molecule is [N-]=[N+]=NCC1CC(=O)N(c2ccc(OC(F)F)cc2)C1. The van der Waals surface area contributed by atoms with Crippen LogP contribution in [0.5, 0.6) is 5.75 Å². The van der Waals surface area contributed by atoms with Gasteiger partial charge in [0.2, 0.25) is 5.91 Å². The predicted molar refractivity (Wildman–Crippen MR) is 67.5 cm³/mol. The highest BCUT2D eigenvalue weighted by Gasteiger charge is 2.29. The molecule has 1 saturated heterocycles. The lowest BCUT2D eigenvalue weighted by molar-refractivity contribution is -0.117. The quantitative estimate of drug-likeness (QED) is 0.473. The van der Waals surface area contributed by atoms with E-state index in [1.165, 1.54) is 12.1 Å². The number of amides is 1. The van der Waals surface area contributed by atoms with E-state index < -0.39 is 6.61 Å². The largest absolute Gasteiger partial charge is 0.435 e. The summed E-state index contributed by atoms with van der Waals surface area (Å²) < 4.78 is 28.3. The highest BCUT2D eigenvalue weighted by atomic mass is 19.3. The second-order valence-electron chi connectivity index (χ2n) is 4.36. The normalized spacial score (nSPS) is 18.2. The van der Waals surface area contributed by atoms with E-state index in [-0.39, 0.29) is 24.1 Å². The van der Waals surface area contributed by atoms with Gasteiger partial charge in [-0.05, 0) is 35.7 Å². The summed E-state index contributed by atoms with van der Waals surface area (Å²) in [4.78, 5) is 16.1. The molecule has 0 bridgehead atoms. The third-order valence-electron chi connectivity index (χ3n) is 2.98. The first kappa shape index (κ1) is 14.1. The zero-order valence-electron chi connectivity index (χ0n) is 10.4. The van der Waals surface area contributed by atoms with Crippen molar-refractivity contribution < 1.29 is 18.3 Å². The maximum atomic E-state index is 12.0. The van der Waals surface area contributed by atoms with Gasteiger partial charge in [0.1, 0.15) is 5.75 Å². The highest BCUT2D eigenvalue weighted by Crippen LogP contribution is 2.27. The second kappa shape index (κ2) is 6.21. The molecule has 0 aliphatic carbocycles. The lowest BCUT2D eigenvalue weighted by Gasteiger charge is -2.17. The highest BCUT2D eigenvalue weighted by molar-refractivity contribution is 5.95. The van der Waals surface area contributed by atoms with Gasteiger partial charge in [0.15, 0.2) is 0 Å². The molecule has 0 radical (unpaired) electrons. The number of azide groups is 1. The number of nitrogens with zero attached hydrogens (tertiary/aromatic N) is 4. The molecule has 0 N–H and O–H groups in total. The Kier molecular flexibility index (Phi) is 4.37. The molecular weight excluding hydrogens is 270 g/mol. The lowest BCUT2D eigenvalue weighted by Crippen LogP contribution is -2.24. The number of carbonyl (C=O) groups is 1. The van der Waals surface area contributed by atoms with E-state index in [1.54, 1.807) is 17.0 Å². The van der Waals surface area contributed by atoms with Crippen molar-refractivity contribution in [2.45, 2.75) is 13.0 Å². The molecule has 1 aliphatic rings. The van der Waals surface area contributed by atoms with Crippen LogP contribution in [0, 0.1) is 5.92 Å². The van der Waals surface area contributed by atoms with Gasteiger partial charge in [-0.2, -0.15) is 8.78 Å². The molecular formula is C12H12F2N4O2. The van der Waals surface area contributed by atoms with E-state index >= 15 is 0 Å². The average molecular weight is 282 g/mol. The smallest absolute Gasteiger partial charge is 0.387 e.